The summed E-state index contributed by atoms with van der Waals surface area (Å²) in [6.07, 6.45) is 3.57. The fourth-order valence-electron chi connectivity index (χ4n) is 5.35. The van der Waals surface area contributed by atoms with Crippen molar-refractivity contribution in [3.63, 3.8) is 0 Å². The zero-order valence-corrected chi connectivity index (χ0v) is 22.4. The van der Waals surface area contributed by atoms with Gasteiger partial charge in [-0.2, -0.15) is 0 Å². The molecule has 38 heavy (non-hydrogen) atoms. The first-order valence-electron chi connectivity index (χ1n) is 12.3. The van der Waals surface area contributed by atoms with Crippen molar-refractivity contribution in [2.45, 2.75) is 18.9 Å². The van der Waals surface area contributed by atoms with Crippen molar-refractivity contribution < 1.29 is 4.42 Å². The van der Waals surface area contributed by atoms with Crippen LogP contribution in [0.15, 0.2) is 105 Å². The van der Waals surface area contributed by atoms with Crippen molar-refractivity contribution in [1.82, 2.24) is 4.57 Å². The number of benzene rings is 3. The highest BCUT2D eigenvalue weighted by atomic mass is 35.5. The molecule has 4 nitrogen and oxygen atoms in total. The zero-order chi connectivity index (χ0) is 25.8. The molecule has 0 saturated heterocycles. The summed E-state index contributed by atoms with van der Waals surface area (Å²) in [6, 6.07) is 27.4. The second-order valence-corrected chi connectivity index (χ2v) is 11.2. The van der Waals surface area contributed by atoms with Crippen LogP contribution >= 0.6 is 34.5 Å². The lowest BCUT2D eigenvalue weighted by molar-refractivity contribution is 0.570. The molecule has 0 radical (unpaired) electrons. The van der Waals surface area contributed by atoms with Gasteiger partial charge in [-0.15, -0.1) is 0 Å². The van der Waals surface area contributed by atoms with E-state index in [1.54, 1.807) is 24.3 Å². The molecule has 3 aromatic carbocycles. The summed E-state index contributed by atoms with van der Waals surface area (Å²) >= 11 is 13.9. The molecule has 7 heteroatoms. The molecular formula is C31H20Cl2N2O2S. The van der Waals surface area contributed by atoms with Crippen molar-refractivity contribution in [2.75, 3.05) is 0 Å². The summed E-state index contributed by atoms with van der Waals surface area (Å²) in [6.45, 7) is 0. The van der Waals surface area contributed by atoms with Crippen LogP contribution in [0, 0.1) is 0 Å². The SMILES string of the molecule is O=c1/c(=C\c2ccc(-c3cc(Cl)ccc3Cl)o2)sc2n1C(c1ccccc1)C1=C(N=2)c2ccccc2CC1. The monoisotopic (exact) mass is 554 g/mol. The molecular weight excluding hydrogens is 535 g/mol. The number of furan rings is 1. The number of aromatic nitrogens is 1. The van der Waals surface area contributed by atoms with Gasteiger partial charge in [0.05, 0.1) is 21.3 Å². The van der Waals surface area contributed by atoms with E-state index in [1.807, 2.05) is 34.9 Å². The van der Waals surface area contributed by atoms with Crippen LogP contribution < -0.4 is 14.9 Å². The first-order valence-corrected chi connectivity index (χ1v) is 13.9. The average Bonchev–Trinajstić information content (AvgIpc) is 3.53. The van der Waals surface area contributed by atoms with E-state index >= 15 is 0 Å². The summed E-state index contributed by atoms with van der Waals surface area (Å²) in [7, 11) is 0. The summed E-state index contributed by atoms with van der Waals surface area (Å²) in [5, 5.41) is 1.12. The minimum atomic E-state index is -0.199. The Kier molecular flexibility index (Phi) is 5.73. The van der Waals surface area contributed by atoms with Gasteiger partial charge < -0.3 is 4.42 Å². The van der Waals surface area contributed by atoms with Crippen molar-refractivity contribution >= 4 is 46.3 Å². The third-order valence-electron chi connectivity index (χ3n) is 7.08. The maximum absolute atomic E-state index is 13.9. The topological polar surface area (TPSA) is 47.5 Å². The third kappa shape index (κ3) is 3.90. The van der Waals surface area contributed by atoms with E-state index < -0.39 is 0 Å². The molecule has 0 bridgehead atoms. The van der Waals surface area contributed by atoms with E-state index in [4.69, 9.17) is 32.6 Å². The largest absolute Gasteiger partial charge is 0.457 e. The Morgan fingerprint density at radius 2 is 1.74 bits per heavy atom. The molecule has 1 unspecified atom stereocenters. The molecule has 1 atom stereocenters. The first kappa shape index (κ1) is 23.5. The van der Waals surface area contributed by atoms with Crippen molar-refractivity contribution in [2.24, 2.45) is 4.99 Å². The number of hydrogen-bond acceptors (Lipinski definition) is 4. The minimum absolute atomic E-state index is 0.0771. The lowest BCUT2D eigenvalue weighted by atomic mass is 9.83. The van der Waals surface area contributed by atoms with Crippen LogP contribution in [0.25, 0.3) is 23.1 Å². The van der Waals surface area contributed by atoms with Gasteiger partial charge in [0.1, 0.15) is 11.5 Å². The second-order valence-electron chi connectivity index (χ2n) is 9.35. The molecule has 1 aliphatic carbocycles. The molecule has 5 aromatic rings. The summed E-state index contributed by atoms with van der Waals surface area (Å²) in [5.41, 5.74) is 6.33. The number of rotatable bonds is 3. The van der Waals surface area contributed by atoms with Crippen LogP contribution in [0.2, 0.25) is 10.0 Å². The summed E-state index contributed by atoms with van der Waals surface area (Å²) in [4.78, 5) is 19.6. The van der Waals surface area contributed by atoms with Gasteiger partial charge in [0.25, 0.3) is 5.56 Å². The van der Waals surface area contributed by atoms with Crippen LogP contribution in [0.1, 0.15) is 34.9 Å². The summed E-state index contributed by atoms with van der Waals surface area (Å²) in [5.74, 6) is 1.15. The lowest BCUT2D eigenvalue weighted by Gasteiger charge is -2.30. The van der Waals surface area contributed by atoms with Gasteiger partial charge in [-0.25, -0.2) is 4.99 Å². The van der Waals surface area contributed by atoms with Crippen LogP contribution in [0.3, 0.4) is 0 Å². The fraction of sp³-hybridized carbons (Fsp3) is 0.0968. The Balaban J connectivity index is 1.40. The van der Waals surface area contributed by atoms with Crippen LogP contribution in [0.5, 0.6) is 0 Å². The molecule has 0 N–H and O–H groups in total. The highest BCUT2D eigenvalue weighted by molar-refractivity contribution is 7.07. The Morgan fingerprint density at radius 1 is 0.921 bits per heavy atom. The van der Waals surface area contributed by atoms with Crippen LogP contribution in [0.4, 0.5) is 0 Å². The Hall–Kier alpha value is -3.64. The van der Waals surface area contributed by atoms with Crippen LogP contribution in [-0.4, -0.2) is 4.57 Å². The number of fused-ring (bicyclic) bond motifs is 3. The van der Waals surface area contributed by atoms with E-state index in [0.717, 1.165) is 29.7 Å². The average molecular weight is 555 g/mol. The van der Waals surface area contributed by atoms with Gasteiger partial charge in [0.2, 0.25) is 0 Å². The number of thiazole rings is 1. The lowest BCUT2D eigenvalue weighted by Crippen LogP contribution is -2.38. The van der Waals surface area contributed by atoms with Crippen molar-refractivity contribution in [3.8, 4) is 11.3 Å². The highest BCUT2D eigenvalue weighted by Gasteiger charge is 2.32. The molecule has 2 aromatic heterocycles. The molecule has 3 heterocycles. The van der Waals surface area contributed by atoms with E-state index in [-0.39, 0.29) is 11.6 Å². The second kappa shape index (κ2) is 9.28. The van der Waals surface area contributed by atoms with Crippen molar-refractivity contribution in [3.05, 3.63) is 143 Å². The maximum atomic E-state index is 13.9. The van der Waals surface area contributed by atoms with E-state index in [0.29, 0.717) is 36.5 Å². The normalized spacial score (nSPS) is 16.6. The molecule has 0 fully saturated rings. The number of allylic oxidation sites excluding steroid dienone is 1. The number of nitrogens with zero attached hydrogens (tertiary/aromatic N) is 2. The fourth-order valence-corrected chi connectivity index (χ4v) is 6.71. The van der Waals surface area contributed by atoms with Gasteiger partial charge >= 0.3 is 0 Å². The molecule has 0 saturated carbocycles. The predicted octanol–water partition coefficient (Wildman–Crippen LogP) is 6.89. The highest BCUT2D eigenvalue weighted by Crippen LogP contribution is 2.41. The third-order valence-corrected chi connectivity index (χ3v) is 8.63. The molecule has 1 aliphatic heterocycles. The van der Waals surface area contributed by atoms with Gasteiger partial charge in [-0.05, 0) is 59.9 Å². The molecule has 2 aliphatic rings. The smallest absolute Gasteiger partial charge is 0.271 e. The molecule has 0 amide bonds. The summed E-state index contributed by atoms with van der Waals surface area (Å²) < 4.78 is 8.48. The first-order chi connectivity index (χ1) is 18.6. The van der Waals surface area contributed by atoms with Gasteiger partial charge in [-0.3, -0.25) is 9.36 Å². The van der Waals surface area contributed by atoms with E-state index in [9.17, 15) is 4.79 Å². The molecule has 7 rings (SSSR count). The minimum Gasteiger partial charge on any atom is -0.457 e. The number of hydrogen-bond donors (Lipinski definition) is 0. The molecule has 186 valence electrons. The Bertz CT molecular complexity index is 1930. The predicted molar refractivity (Wildman–Crippen MR) is 153 cm³/mol. The maximum Gasteiger partial charge on any atom is 0.271 e. The van der Waals surface area contributed by atoms with Gasteiger partial charge in [0, 0.05) is 22.2 Å². The van der Waals surface area contributed by atoms with Crippen LogP contribution in [-0.2, 0) is 6.42 Å². The number of halogens is 2. The number of aryl methyl sites for hydroxylation is 1. The Labute approximate surface area is 232 Å². The van der Waals surface area contributed by atoms with Gasteiger partial charge in [0.15, 0.2) is 4.80 Å². The van der Waals surface area contributed by atoms with E-state index in [2.05, 4.69) is 36.4 Å². The zero-order valence-electron chi connectivity index (χ0n) is 20.0. The molecule has 0 spiro atoms. The van der Waals surface area contributed by atoms with Gasteiger partial charge in [-0.1, -0.05) is 89.1 Å². The van der Waals surface area contributed by atoms with Crippen molar-refractivity contribution in [1.29, 1.82) is 0 Å². The van der Waals surface area contributed by atoms with E-state index in [1.165, 1.54) is 22.5 Å². The standard InChI is InChI=1S/C31H20Cl2N2O2S/c32-20-11-14-25(33)24(16-20)26-15-12-21(37-26)17-27-30(36)35-29(19-7-2-1-3-8-19)23-13-10-18-6-4-5-9-22(18)28(23)34-31(35)38-27/h1-9,11-12,14-17,29H,10,13H2/b27-17+. The Morgan fingerprint density at radius 3 is 2.61 bits per heavy atom. The quantitative estimate of drug-likeness (QED) is 0.244.